The minimum atomic E-state index is -0.764. The molecule has 1 atom stereocenters. The van der Waals surface area contributed by atoms with Crippen LogP contribution in [0.1, 0.15) is 25.1 Å². The van der Waals surface area contributed by atoms with Crippen LogP contribution in [0.3, 0.4) is 0 Å². The van der Waals surface area contributed by atoms with Crippen molar-refractivity contribution in [2.45, 2.75) is 24.7 Å². The summed E-state index contributed by atoms with van der Waals surface area (Å²) in [5.74, 6) is 1.45. The van der Waals surface area contributed by atoms with Crippen LogP contribution in [0.25, 0.3) is 11.3 Å². The Bertz CT molecular complexity index is 1300. The van der Waals surface area contributed by atoms with Gasteiger partial charge in [0.2, 0.25) is 18.4 Å². The van der Waals surface area contributed by atoms with Gasteiger partial charge in [-0.05, 0) is 24.3 Å². The number of nitrogens with zero attached hydrogens (tertiary/aromatic N) is 4. The Hall–Kier alpha value is -3.79. The van der Waals surface area contributed by atoms with Gasteiger partial charge in [-0.25, -0.2) is 9.88 Å². The molecular formula is C24H22N4O5S. The molecule has 2 aliphatic heterocycles. The summed E-state index contributed by atoms with van der Waals surface area (Å²) >= 11 is 1.30. The maximum Gasteiger partial charge on any atom is 0.293 e. The highest BCUT2D eigenvalue weighted by Crippen LogP contribution is 2.46. The first kappa shape index (κ1) is 22.0. The molecule has 9 nitrogen and oxygen atoms in total. The van der Waals surface area contributed by atoms with Crippen molar-refractivity contribution in [3.8, 4) is 34.4 Å². The summed E-state index contributed by atoms with van der Waals surface area (Å²) in [6.07, 6.45) is 1.21. The summed E-state index contributed by atoms with van der Waals surface area (Å²) in [5.41, 5.74) is 2.17. The van der Waals surface area contributed by atoms with E-state index in [4.69, 9.17) is 19.3 Å². The van der Waals surface area contributed by atoms with Crippen LogP contribution in [0.4, 0.5) is 5.69 Å². The molecule has 0 saturated heterocycles. The first-order valence-electron chi connectivity index (χ1n) is 10.7. The number of benzene rings is 2. The third-order valence-corrected chi connectivity index (χ3v) is 6.43. The normalized spacial score (nSPS) is 15.5. The Morgan fingerprint density at radius 3 is 2.97 bits per heavy atom. The van der Waals surface area contributed by atoms with Crippen LogP contribution in [0, 0.1) is 0 Å². The fourth-order valence-electron chi connectivity index (χ4n) is 4.17. The van der Waals surface area contributed by atoms with Crippen LogP contribution < -0.4 is 28.9 Å². The number of anilines is 1. The van der Waals surface area contributed by atoms with Crippen molar-refractivity contribution in [2.24, 2.45) is 0 Å². The Morgan fingerprint density at radius 1 is 1.38 bits per heavy atom. The maximum absolute atomic E-state index is 13.3. The van der Waals surface area contributed by atoms with Crippen LogP contribution in [0.15, 0.2) is 54.2 Å². The van der Waals surface area contributed by atoms with E-state index >= 15 is 0 Å². The number of amides is 1. The van der Waals surface area contributed by atoms with Gasteiger partial charge in [-0.3, -0.25) is 4.79 Å². The number of carbonyl (C=O) groups is 1. The number of aromatic nitrogens is 3. The molecule has 0 N–H and O–H groups in total. The van der Waals surface area contributed by atoms with E-state index in [9.17, 15) is 9.90 Å². The minimum absolute atomic E-state index is 0.0687. The lowest BCUT2D eigenvalue weighted by Crippen LogP contribution is -2.59. The number of para-hydroxylation sites is 1. The van der Waals surface area contributed by atoms with Crippen LogP contribution in [0.5, 0.6) is 23.1 Å². The van der Waals surface area contributed by atoms with Gasteiger partial charge in [0.15, 0.2) is 11.5 Å². The van der Waals surface area contributed by atoms with E-state index < -0.39 is 12.0 Å². The summed E-state index contributed by atoms with van der Waals surface area (Å²) < 4.78 is 18.3. The van der Waals surface area contributed by atoms with Crippen molar-refractivity contribution in [3.63, 3.8) is 0 Å². The Kier molecular flexibility index (Phi) is 5.74. The lowest BCUT2D eigenvalue weighted by molar-refractivity contribution is -0.764. The molecule has 34 heavy (non-hydrogen) atoms. The topological polar surface area (TPSA) is 101 Å². The Labute approximate surface area is 200 Å². The van der Waals surface area contributed by atoms with E-state index in [0.717, 1.165) is 0 Å². The molecule has 0 spiro atoms. The average molecular weight is 479 g/mol. The van der Waals surface area contributed by atoms with Gasteiger partial charge in [0.1, 0.15) is 0 Å². The van der Waals surface area contributed by atoms with Gasteiger partial charge in [-0.15, -0.1) is 6.58 Å². The molecule has 3 aromatic rings. The molecule has 0 aliphatic carbocycles. The second-order valence-corrected chi connectivity index (χ2v) is 8.54. The largest absolute Gasteiger partial charge is 0.854 e. The van der Waals surface area contributed by atoms with E-state index in [1.54, 1.807) is 40.8 Å². The summed E-state index contributed by atoms with van der Waals surface area (Å²) in [4.78, 5) is 19.2. The molecule has 10 heteroatoms. The molecule has 1 unspecified atom stereocenters. The van der Waals surface area contributed by atoms with Gasteiger partial charge >= 0.3 is 0 Å². The molecule has 2 aromatic carbocycles. The second kappa shape index (κ2) is 8.86. The average Bonchev–Trinajstić information content (AvgIpc) is 3.34. The molecule has 5 rings (SSSR count). The number of thioether (sulfide) groups is 1. The van der Waals surface area contributed by atoms with E-state index in [0.29, 0.717) is 50.7 Å². The van der Waals surface area contributed by atoms with E-state index in [2.05, 4.69) is 11.6 Å². The molecule has 1 aromatic heterocycles. The van der Waals surface area contributed by atoms with Crippen molar-refractivity contribution in [1.29, 1.82) is 0 Å². The molecule has 0 radical (unpaired) electrons. The quantitative estimate of drug-likeness (QED) is 0.303. The van der Waals surface area contributed by atoms with Crippen molar-refractivity contribution in [3.05, 3.63) is 54.6 Å². The third kappa shape index (κ3) is 3.50. The first-order valence-corrected chi connectivity index (χ1v) is 11.7. The fourth-order valence-corrected chi connectivity index (χ4v) is 4.73. The van der Waals surface area contributed by atoms with E-state index in [1.807, 2.05) is 18.2 Å². The lowest BCUT2D eigenvalue weighted by atomic mass is 10.0. The van der Waals surface area contributed by atoms with Gasteiger partial charge in [0.25, 0.3) is 17.0 Å². The van der Waals surface area contributed by atoms with E-state index in [-0.39, 0.29) is 19.1 Å². The van der Waals surface area contributed by atoms with E-state index in [1.165, 1.54) is 18.9 Å². The van der Waals surface area contributed by atoms with Crippen LogP contribution >= 0.6 is 11.8 Å². The van der Waals surface area contributed by atoms with Crippen molar-refractivity contribution in [2.75, 3.05) is 24.6 Å². The highest BCUT2D eigenvalue weighted by Gasteiger charge is 2.45. The van der Waals surface area contributed by atoms with Crippen molar-refractivity contribution >= 4 is 23.4 Å². The zero-order valence-corrected chi connectivity index (χ0v) is 19.5. The highest BCUT2D eigenvalue weighted by atomic mass is 32.2. The minimum Gasteiger partial charge on any atom is -0.854 e. The van der Waals surface area contributed by atoms with Crippen LogP contribution in [-0.4, -0.2) is 35.6 Å². The zero-order chi connectivity index (χ0) is 23.8. The van der Waals surface area contributed by atoms with Crippen LogP contribution in [0.2, 0.25) is 0 Å². The number of ether oxygens (including phenoxy) is 3. The zero-order valence-electron chi connectivity index (χ0n) is 18.7. The second-order valence-electron chi connectivity index (χ2n) is 7.56. The number of methoxy groups -OCH3 is 1. The predicted molar refractivity (Wildman–Crippen MR) is 123 cm³/mol. The number of rotatable bonds is 6. The Morgan fingerprint density at radius 2 is 2.21 bits per heavy atom. The van der Waals surface area contributed by atoms with Gasteiger partial charge < -0.3 is 19.3 Å². The molecule has 3 heterocycles. The third-order valence-electron chi connectivity index (χ3n) is 5.60. The lowest BCUT2D eigenvalue weighted by Gasteiger charge is -2.33. The predicted octanol–water partition coefficient (Wildman–Crippen LogP) is 2.82. The number of fused-ring (bicyclic) bond motifs is 4. The smallest absolute Gasteiger partial charge is 0.293 e. The number of carbonyl (C=O) groups excluding carboxylic acids is 1. The molecule has 174 valence electrons. The van der Waals surface area contributed by atoms with Crippen molar-refractivity contribution < 1.29 is 28.8 Å². The van der Waals surface area contributed by atoms with Crippen LogP contribution in [-0.2, 0) is 4.79 Å². The molecule has 0 bridgehead atoms. The fraction of sp³-hybridized carbons (Fsp3) is 0.250. The summed E-state index contributed by atoms with van der Waals surface area (Å²) in [6, 6.07) is 10.8. The summed E-state index contributed by atoms with van der Waals surface area (Å²) in [7, 11) is 1.54. The number of hydrogen-bond acceptors (Lipinski definition) is 8. The summed E-state index contributed by atoms with van der Waals surface area (Å²) in [6.45, 7) is 5.59. The van der Waals surface area contributed by atoms with Gasteiger partial charge in [0, 0.05) is 17.3 Å². The summed E-state index contributed by atoms with van der Waals surface area (Å²) in [5, 5.41) is 18.3. The van der Waals surface area contributed by atoms with Gasteiger partial charge in [0.05, 0.1) is 29.8 Å². The molecule has 1 amide bonds. The van der Waals surface area contributed by atoms with Gasteiger partial charge in [-0.2, -0.15) is 0 Å². The standard InChI is InChI=1S/C24H22N4O5S/c1-4-10-34-24-25-22(30)20-15-8-6-7-9-16(15)27(19(29)5-2)23(28(20)26-24)14-11-17(31-3)21-18(12-14)32-13-33-21/h4,6-9,11-12,23H,1,5,10,13H2,2-3H3. The Balaban J connectivity index is 1.80. The van der Waals surface area contributed by atoms with Crippen molar-refractivity contribution in [1.82, 2.24) is 10.1 Å². The molecule has 0 saturated carbocycles. The monoisotopic (exact) mass is 478 g/mol. The SMILES string of the molecule is C=CCSc1nc([O-])c2[n+](n1)C(c1cc(OC)c3c(c1)OCO3)N(C(=O)CC)c1ccccc1-2. The molecule has 2 aliphatic rings. The van der Waals surface area contributed by atoms with Gasteiger partial charge in [-0.1, -0.05) is 41.6 Å². The number of hydrogen-bond donors (Lipinski definition) is 0. The molecule has 0 fully saturated rings. The molecular weight excluding hydrogens is 456 g/mol. The first-order chi connectivity index (χ1) is 16.6. The maximum atomic E-state index is 13.3. The highest BCUT2D eigenvalue weighted by molar-refractivity contribution is 7.99.